The Morgan fingerprint density at radius 1 is 1.22 bits per heavy atom. The predicted octanol–water partition coefficient (Wildman–Crippen LogP) is 3.64. The molecule has 18 heavy (non-hydrogen) atoms. The summed E-state index contributed by atoms with van der Waals surface area (Å²) in [7, 11) is 1.59. The van der Waals surface area contributed by atoms with Crippen LogP contribution in [0.4, 0.5) is 4.39 Å². The number of halogens is 2. The molecule has 2 N–H and O–H groups in total. The molecule has 0 heterocycles. The summed E-state index contributed by atoms with van der Waals surface area (Å²) in [6, 6.07) is 11.6. The summed E-state index contributed by atoms with van der Waals surface area (Å²) in [4.78, 5) is 0. The van der Waals surface area contributed by atoms with Crippen molar-refractivity contribution in [2.45, 2.75) is 6.04 Å². The van der Waals surface area contributed by atoms with E-state index in [1.54, 1.807) is 19.2 Å². The molecule has 2 aromatic carbocycles. The summed E-state index contributed by atoms with van der Waals surface area (Å²) in [5, 5.41) is 0. The van der Waals surface area contributed by atoms with Gasteiger partial charge in [0.05, 0.1) is 13.2 Å². The summed E-state index contributed by atoms with van der Waals surface area (Å²) in [5.74, 6) is 0.384. The first-order chi connectivity index (χ1) is 8.63. The quantitative estimate of drug-likeness (QED) is 0.939. The van der Waals surface area contributed by atoms with Crippen LogP contribution in [0, 0.1) is 5.82 Å². The summed E-state index contributed by atoms with van der Waals surface area (Å²) < 4.78 is 19.6. The van der Waals surface area contributed by atoms with Crippen LogP contribution in [0.3, 0.4) is 0 Å². The molecule has 0 bridgehead atoms. The largest absolute Gasteiger partial charge is 0.497 e. The standard InChI is InChI=1S/C14H13BrFNO/c1-18-10-5-2-4-9(8-10)14(17)13-11(15)6-3-7-12(13)16/h2-8,14H,17H2,1H3. The van der Waals surface area contributed by atoms with Crippen LogP contribution in [0.2, 0.25) is 0 Å². The molecule has 0 saturated carbocycles. The van der Waals surface area contributed by atoms with Crippen molar-refractivity contribution in [1.82, 2.24) is 0 Å². The Morgan fingerprint density at radius 3 is 2.61 bits per heavy atom. The first-order valence-corrected chi connectivity index (χ1v) is 6.26. The smallest absolute Gasteiger partial charge is 0.129 e. The van der Waals surface area contributed by atoms with E-state index in [1.807, 2.05) is 24.3 Å². The van der Waals surface area contributed by atoms with E-state index in [0.29, 0.717) is 15.8 Å². The lowest BCUT2D eigenvalue weighted by Gasteiger charge is -2.16. The summed E-state index contributed by atoms with van der Waals surface area (Å²) in [5.41, 5.74) is 7.37. The topological polar surface area (TPSA) is 35.2 Å². The first-order valence-electron chi connectivity index (χ1n) is 5.47. The molecule has 0 aliphatic carbocycles. The minimum Gasteiger partial charge on any atom is -0.497 e. The van der Waals surface area contributed by atoms with Crippen LogP contribution in [0.5, 0.6) is 5.75 Å². The second-order valence-electron chi connectivity index (χ2n) is 3.89. The van der Waals surface area contributed by atoms with Crippen molar-refractivity contribution in [3.8, 4) is 5.75 Å². The lowest BCUT2D eigenvalue weighted by molar-refractivity contribution is 0.414. The van der Waals surface area contributed by atoms with Gasteiger partial charge in [0.15, 0.2) is 0 Å². The molecule has 0 aliphatic heterocycles. The van der Waals surface area contributed by atoms with Crippen molar-refractivity contribution in [3.05, 3.63) is 63.9 Å². The van der Waals surface area contributed by atoms with Gasteiger partial charge < -0.3 is 10.5 Å². The van der Waals surface area contributed by atoms with Gasteiger partial charge in [-0.25, -0.2) is 4.39 Å². The van der Waals surface area contributed by atoms with E-state index in [4.69, 9.17) is 10.5 Å². The van der Waals surface area contributed by atoms with E-state index in [0.717, 1.165) is 5.56 Å². The molecular formula is C14H13BrFNO. The average Bonchev–Trinajstić information content (AvgIpc) is 2.38. The molecule has 0 amide bonds. The minimum atomic E-state index is -0.532. The van der Waals surface area contributed by atoms with Crippen molar-refractivity contribution in [2.75, 3.05) is 7.11 Å². The number of ether oxygens (including phenoxy) is 1. The Bertz CT molecular complexity index is 539. The van der Waals surface area contributed by atoms with Crippen molar-refractivity contribution >= 4 is 15.9 Å². The Kier molecular flexibility index (Phi) is 3.99. The number of hydrogen-bond acceptors (Lipinski definition) is 2. The Balaban J connectivity index is 2.44. The zero-order valence-corrected chi connectivity index (χ0v) is 11.4. The first kappa shape index (κ1) is 13.1. The van der Waals surface area contributed by atoms with Gasteiger partial charge in [0.1, 0.15) is 11.6 Å². The van der Waals surface area contributed by atoms with Gasteiger partial charge in [-0.3, -0.25) is 0 Å². The fraction of sp³-hybridized carbons (Fsp3) is 0.143. The lowest BCUT2D eigenvalue weighted by Crippen LogP contribution is -2.14. The molecule has 2 aromatic rings. The van der Waals surface area contributed by atoms with Gasteiger partial charge in [0, 0.05) is 10.0 Å². The molecule has 2 rings (SSSR count). The highest BCUT2D eigenvalue weighted by atomic mass is 79.9. The lowest BCUT2D eigenvalue weighted by atomic mass is 9.99. The van der Waals surface area contributed by atoms with Crippen LogP contribution in [-0.4, -0.2) is 7.11 Å². The summed E-state index contributed by atoms with van der Waals surface area (Å²) in [6.45, 7) is 0. The van der Waals surface area contributed by atoms with E-state index >= 15 is 0 Å². The molecule has 0 spiro atoms. The molecule has 0 aromatic heterocycles. The second kappa shape index (κ2) is 5.50. The Hall–Kier alpha value is -1.39. The highest BCUT2D eigenvalue weighted by molar-refractivity contribution is 9.10. The van der Waals surface area contributed by atoms with E-state index in [-0.39, 0.29) is 5.82 Å². The maximum absolute atomic E-state index is 13.8. The summed E-state index contributed by atoms with van der Waals surface area (Å²) >= 11 is 3.33. The molecule has 2 nitrogen and oxygen atoms in total. The van der Waals surface area contributed by atoms with E-state index in [1.165, 1.54) is 6.07 Å². The van der Waals surface area contributed by atoms with E-state index < -0.39 is 6.04 Å². The van der Waals surface area contributed by atoms with Gasteiger partial charge in [0.25, 0.3) is 0 Å². The third-order valence-corrected chi connectivity index (χ3v) is 3.46. The normalized spacial score (nSPS) is 12.2. The van der Waals surface area contributed by atoms with Crippen LogP contribution >= 0.6 is 15.9 Å². The number of nitrogens with two attached hydrogens (primary N) is 1. The van der Waals surface area contributed by atoms with E-state index in [9.17, 15) is 4.39 Å². The molecule has 94 valence electrons. The van der Waals surface area contributed by atoms with Crippen LogP contribution in [0.1, 0.15) is 17.2 Å². The zero-order chi connectivity index (χ0) is 13.1. The van der Waals surface area contributed by atoms with Crippen LogP contribution in [0.15, 0.2) is 46.9 Å². The molecule has 0 saturated heterocycles. The molecule has 4 heteroatoms. The summed E-state index contributed by atoms with van der Waals surface area (Å²) in [6.07, 6.45) is 0. The third kappa shape index (κ3) is 2.54. The SMILES string of the molecule is COc1cccc(C(N)c2c(F)cccc2Br)c1. The number of rotatable bonds is 3. The molecule has 1 atom stereocenters. The van der Waals surface area contributed by atoms with Crippen molar-refractivity contribution in [1.29, 1.82) is 0 Å². The maximum atomic E-state index is 13.8. The third-order valence-electron chi connectivity index (χ3n) is 2.76. The highest BCUT2D eigenvalue weighted by Crippen LogP contribution is 2.30. The van der Waals surface area contributed by atoms with Crippen molar-refractivity contribution in [3.63, 3.8) is 0 Å². The van der Waals surface area contributed by atoms with Gasteiger partial charge in [-0.05, 0) is 29.8 Å². The van der Waals surface area contributed by atoms with Crippen LogP contribution in [-0.2, 0) is 0 Å². The van der Waals surface area contributed by atoms with E-state index in [2.05, 4.69) is 15.9 Å². The highest BCUT2D eigenvalue weighted by Gasteiger charge is 2.17. The van der Waals surface area contributed by atoms with Gasteiger partial charge in [0.2, 0.25) is 0 Å². The van der Waals surface area contributed by atoms with Gasteiger partial charge in [-0.15, -0.1) is 0 Å². The number of hydrogen-bond donors (Lipinski definition) is 1. The molecule has 0 fully saturated rings. The Morgan fingerprint density at radius 2 is 1.94 bits per heavy atom. The second-order valence-corrected chi connectivity index (χ2v) is 4.74. The van der Waals surface area contributed by atoms with Crippen molar-refractivity contribution < 1.29 is 9.13 Å². The van der Waals surface area contributed by atoms with Crippen LogP contribution < -0.4 is 10.5 Å². The molecular weight excluding hydrogens is 297 g/mol. The number of benzene rings is 2. The monoisotopic (exact) mass is 309 g/mol. The average molecular weight is 310 g/mol. The van der Waals surface area contributed by atoms with Crippen molar-refractivity contribution in [2.24, 2.45) is 5.73 Å². The fourth-order valence-corrected chi connectivity index (χ4v) is 2.40. The maximum Gasteiger partial charge on any atom is 0.129 e. The zero-order valence-electron chi connectivity index (χ0n) is 9.86. The Labute approximate surface area is 114 Å². The van der Waals surface area contributed by atoms with Gasteiger partial charge >= 0.3 is 0 Å². The molecule has 1 unspecified atom stereocenters. The van der Waals surface area contributed by atoms with Crippen LogP contribution in [0.25, 0.3) is 0 Å². The minimum absolute atomic E-state index is 0.320. The number of methoxy groups -OCH3 is 1. The fourth-order valence-electron chi connectivity index (χ4n) is 1.81. The molecule has 0 radical (unpaired) electrons. The van der Waals surface area contributed by atoms with Gasteiger partial charge in [-0.2, -0.15) is 0 Å². The van der Waals surface area contributed by atoms with Gasteiger partial charge in [-0.1, -0.05) is 34.1 Å². The molecule has 0 aliphatic rings. The predicted molar refractivity (Wildman–Crippen MR) is 73.1 cm³/mol.